The molecule has 4 rings (SSSR count). The zero-order chi connectivity index (χ0) is 21.6. The molecular formula is C19H15F3N6O2. The Bertz CT molecular complexity index is 1320. The highest BCUT2D eigenvalue weighted by atomic mass is 19.4. The number of halogens is 3. The lowest BCUT2D eigenvalue weighted by Gasteiger charge is -2.08. The van der Waals surface area contributed by atoms with Crippen molar-refractivity contribution in [1.82, 2.24) is 24.8 Å². The van der Waals surface area contributed by atoms with E-state index in [0.29, 0.717) is 10.2 Å². The van der Waals surface area contributed by atoms with Crippen LogP contribution in [0.4, 0.5) is 19.0 Å². The average molecular weight is 416 g/mol. The fraction of sp³-hybridized carbons (Fsp3) is 0.158. The van der Waals surface area contributed by atoms with Gasteiger partial charge in [0.15, 0.2) is 5.69 Å². The van der Waals surface area contributed by atoms with Gasteiger partial charge in [-0.1, -0.05) is 30.3 Å². The molecule has 1 aromatic carbocycles. The molecule has 0 saturated carbocycles. The number of hydrogen-bond donors (Lipinski definition) is 3. The van der Waals surface area contributed by atoms with Crippen LogP contribution in [0.15, 0.2) is 41.2 Å². The van der Waals surface area contributed by atoms with Crippen molar-refractivity contribution in [3.63, 3.8) is 0 Å². The number of aryl methyl sites for hydroxylation is 2. The van der Waals surface area contributed by atoms with Gasteiger partial charge in [-0.2, -0.15) is 27.9 Å². The summed E-state index contributed by atoms with van der Waals surface area (Å²) >= 11 is 0. The van der Waals surface area contributed by atoms with Crippen molar-refractivity contribution in [3.05, 3.63) is 69.4 Å². The summed E-state index contributed by atoms with van der Waals surface area (Å²) in [6.45, 7) is 3.13. The third kappa shape index (κ3) is 3.23. The molecule has 30 heavy (non-hydrogen) atoms. The maximum atomic E-state index is 13.7. The molecule has 0 bridgehead atoms. The minimum Gasteiger partial charge on any atom is -0.342 e. The first kappa shape index (κ1) is 19.4. The van der Waals surface area contributed by atoms with Gasteiger partial charge in [0.2, 0.25) is 0 Å². The zero-order valence-electron chi connectivity index (χ0n) is 15.8. The first-order valence-corrected chi connectivity index (χ1v) is 8.78. The SMILES string of the molecule is Cc1cc(NC(=O)c2c(C)[nH]c3c(-c4ccccc4)c(C(F)(F)F)nn3c2=O)[nH]n1. The van der Waals surface area contributed by atoms with Crippen molar-refractivity contribution in [2.75, 3.05) is 5.32 Å². The molecule has 0 aliphatic carbocycles. The molecule has 0 spiro atoms. The van der Waals surface area contributed by atoms with Gasteiger partial charge in [0, 0.05) is 11.8 Å². The van der Waals surface area contributed by atoms with Gasteiger partial charge in [-0.05, 0) is 19.4 Å². The van der Waals surface area contributed by atoms with Crippen LogP contribution in [0.5, 0.6) is 0 Å². The number of carbonyl (C=O) groups is 1. The van der Waals surface area contributed by atoms with Crippen LogP contribution in [-0.4, -0.2) is 30.7 Å². The Hall–Kier alpha value is -3.89. The van der Waals surface area contributed by atoms with Crippen LogP contribution in [0.2, 0.25) is 0 Å². The number of anilines is 1. The summed E-state index contributed by atoms with van der Waals surface area (Å²) < 4.78 is 41.6. The molecule has 154 valence electrons. The number of aromatic amines is 2. The molecule has 3 N–H and O–H groups in total. The van der Waals surface area contributed by atoms with Gasteiger partial charge < -0.3 is 10.3 Å². The van der Waals surface area contributed by atoms with Gasteiger partial charge in [0.25, 0.3) is 11.5 Å². The summed E-state index contributed by atoms with van der Waals surface area (Å²) in [6.07, 6.45) is -4.80. The van der Waals surface area contributed by atoms with E-state index in [2.05, 4.69) is 25.6 Å². The van der Waals surface area contributed by atoms with E-state index in [1.165, 1.54) is 19.1 Å². The Balaban J connectivity index is 1.93. The van der Waals surface area contributed by atoms with Gasteiger partial charge in [-0.15, -0.1) is 0 Å². The summed E-state index contributed by atoms with van der Waals surface area (Å²) in [6, 6.07) is 9.34. The normalized spacial score (nSPS) is 11.8. The molecule has 0 atom stereocenters. The van der Waals surface area contributed by atoms with Gasteiger partial charge >= 0.3 is 6.18 Å². The molecule has 4 aromatic rings. The molecular weight excluding hydrogens is 401 g/mol. The highest BCUT2D eigenvalue weighted by Gasteiger charge is 2.39. The number of H-pyrrole nitrogens is 2. The Morgan fingerprint density at radius 1 is 1.17 bits per heavy atom. The Labute approximate surface area is 166 Å². The van der Waals surface area contributed by atoms with Crippen LogP contribution in [-0.2, 0) is 6.18 Å². The van der Waals surface area contributed by atoms with Crippen molar-refractivity contribution < 1.29 is 18.0 Å². The second-order valence-corrected chi connectivity index (χ2v) is 6.66. The second kappa shape index (κ2) is 6.87. The molecule has 0 saturated heterocycles. The summed E-state index contributed by atoms with van der Waals surface area (Å²) in [5, 5.41) is 12.4. The van der Waals surface area contributed by atoms with Gasteiger partial charge in [-0.25, -0.2) is 0 Å². The van der Waals surface area contributed by atoms with E-state index in [-0.39, 0.29) is 33.8 Å². The van der Waals surface area contributed by atoms with Crippen molar-refractivity contribution in [2.45, 2.75) is 20.0 Å². The number of benzene rings is 1. The second-order valence-electron chi connectivity index (χ2n) is 6.66. The number of amides is 1. The lowest BCUT2D eigenvalue weighted by Crippen LogP contribution is -2.29. The zero-order valence-corrected chi connectivity index (χ0v) is 15.8. The topological polar surface area (TPSA) is 108 Å². The Morgan fingerprint density at radius 3 is 2.47 bits per heavy atom. The van der Waals surface area contributed by atoms with Crippen LogP contribution >= 0.6 is 0 Å². The molecule has 0 radical (unpaired) electrons. The van der Waals surface area contributed by atoms with E-state index in [9.17, 15) is 22.8 Å². The maximum Gasteiger partial charge on any atom is 0.435 e. The van der Waals surface area contributed by atoms with E-state index in [4.69, 9.17) is 0 Å². The van der Waals surface area contributed by atoms with Gasteiger partial charge in [0.05, 0.1) is 11.3 Å². The predicted molar refractivity (Wildman–Crippen MR) is 102 cm³/mol. The number of nitrogens with zero attached hydrogens (tertiary/aromatic N) is 3. The molecule has 3 aromatic heterocycles. The number of alkyl halides is 3. The van der Waals surface area contributed by atoms with E-state index in [0.717, 1.165) is 0 Å². The number of nitrogens with one attached hydrogen (secondary N) is 3. The standard InChI is InChI=1S/C19H15F3N6O2/c1-9-8-12(26-25-9)24-17(29)13-10(2)23-16-14(11-6-4-3-5-7-11)15(19(20,21)22)27-28(16)18(13)30/h3-8,23H,1-2H3,(H2,24,25,26,29). The fourth-order valence-electron chi connectivity index (χ4n) is 3.20. The first-order chi connectivity index (χ1) is 14.2. The van der Waals surface area contributed by atoms with E-state index in [1.54, 1.807) is 31.2 Å². The molecule has 11 heteroatoms. The lowest BCUT2D eigenvalue weighted by molar-refractivity contribution is -0.140. The molecule has 0 unspecified atom stereocenters. The Morgan fingerprint density at radius 2 is 1.87 bits per heavy atom. The minimum absolute atomic E-state index is 0.104. The third-order valence-electron chi connectivity index (χ3n) is 4.48. The van der Waals surface area contributed by atoms with Gasteiger partial charge in [-0.3, -0.25) is 14.7 Å². The number of carbonyl (C=O) groups excluding carboxylic acids is 1. The maximum absolute atomic E-state index is 13.7. The molecule has 1 amide bonds. The van der Waals surface area contributed by atoms with Crippen LogP contribution < -0.4 is 10.9 Å². The van der Waals surface area contributed by atoms with Crippen molar-refractivity contribution >= 4 is 17.4 Å². The quantitative estimate of drug-likeness (QED) is 0.476. The largest absolute Gasteiger partial charge is 0.435 e. The van der Waals surface area contributed by atoms with Crippen LogP contribution in [0.3, 0.4) is 0 Å². The summed E-state index contributed by atoms with van der Waals surface area (Å²) in [5.41, 5.74) is -2.01. The first-order valence-electron chi connectivity index (χ1n) is 8.78. The van der Waals surface area contributed by atoms with E-state index < -0.39 is 23.3 Å². The highest BCUT2D eigenvalue weighted by Crippen LogP contribution is 2.38. The number of rotatable bonds is 3. The molecule has 0 aliphatic rings. The molecule has 3 heterocycles. The fourth-order valence-corrected chi connectivity index (χ4v) is 3.20. The summed E-state index contributed by atoms with van der Waals surface area (Å²) in [5.74, 6) is -0.553. The van der Waals surface area contributed by atoms with E-state index >= 15 is 0 Å². The number of fused-ring (bicyclic) bond motifs is 1. The molecule has 0 aliphatic heterocycles. The van der Waals surface area contributed by atoms with Gasteiger partial charge in [0.1, 0.15) is 17.0 Å². The van der Waals surface area contributed by atoms with Crippen molar-refractivity contribution in [3.8, 4) is 11.1 Å². The van der Waals surface area contributed by atoms with Crippen LogP contribution in [0.1, 0.15) is 27.4 Å². The average Bonchev–Trinajstić information content (AvgIpc) is 3.26. The number of aromatic nitrogens is 5. The van der Waals surface area contributed by atoms with Crippen molar-refractivity contribution in [2.24, 2.45) is 0 Å². The van der Waals surface area contributed by atoms with Crippen LogP contribution in [0.25, 0.3) is 16.8 Å². The predicted octanol–water partition coefficient (Wildman–Crippen LogP) is 3.30. The molecule has 8 nitrogen and oxygen atoms in total. The van der Waals surface area contributed by atoms with Crippen molar-refractivity contribution in [1.29, 1.82) is 0 Å². The Kier molecular flexibility index (Phi) is 4.45. The lowest BCUT2D eigenvalue weighted by atomic mass is 10.1. The smallest absolute Gasteiger partial charge is 0.342 e. The highest BCUT2D eigenvalue weighted by molar-refractivity contribution is 6.04. The minimum atomic E-state index is -4.80. The van der Waals surface area contributed by atoms with Crippen LogP contribution in [0, 0.1) is 13.8 Å². The van der Waals surface area contributed by atoms with E-state index in [1.807, 2.05) is 0 Å². The number of hydrogen-bond acceptors (Lipinski definition) is 4. The summed E-state index contributed by atoms with van der Waals surface area (Å²) in [4.78, 5) is 28.3. The molecule has 0 fully saturated rings. The third-order valence-corrected chi connectivity index (χ3v) is 4.48. The monoisotopic (exact) mass is 416 g/mol. The summed E-state index contributed by atoms with van der Waals surface area (Å²) in [7, 11) is 0.